The molecule has 0 saturated heterocycles. The van der Waals surface area contributed by atoms with E-state index in [1.165, 1.54) is 0 Å². The quantitative estimate of drug-likeness (QED) is 0.888. The van der Waals surface area contributed by atoms with Gasteiger partial charge in [0, 0.05) is 19.2 Å². The summed E-state index contributed by atoms with van der Waals surface area (Å²) in [6, 6.07) is 9.69. The largest absolute Gasteiger partial charge is 0.491 e. The summed E-state index contributed by atoms with van der Waals surface area (Å²) in [4.78, 5) is 0. The zero-order valence-electron chi connectivity index (χ0n) is 13.2. The molecule has 1 N–H and O–H groups in total. The zero-order chi connectivity index (χ0) is 15.4. The Morgan fingerprint density at radius 2 is 1.90 bits per heavy atom. The number of aromatic nitrogens is 2. The zero-order valence-corrected chi connectivity index (χ0v) is 13.2. The number of aliphatic hydroxyl groups excluding tert-OH is 1. The molecule has 0 amide bonds. The first-order valence-electron chi connectivity index (χ1n) is 7.46. The molecule has 0 aliphatic carbocycles. The number of hydrogen-bond acceptors (Lipinski definition) is 3. The molecular formula is C17H24N2O2. The molecule has 4 nitrogen and oxygen atoms in total. The van der Waals surface area contributed by atoms with Crippen LogP contribution < -0.4 is 4.74 Å². The lowest BCUT2D eigenvalue weighted by molar-refractivity contribution is 0.175. The third kappa shape index (κ3) is 4.08. The van der Waals surface area contributed by atoms with E-state index in [0.29, 0.717) is 6.42 Å². The average molecular weight is 288 g/mol. The van der Waals surface area contributed by atoms with Crippen LogP contribution in [-0.4, -0.2) is 21.0 Å². The third-order valence-electron chi connectivity index (χ3n) is 3.43. The molecule has 4 heteroatoms. The lowest BCUT2D eigenvalue weighted by Gasteiger charge is -2.13. The summed E-state index contributed by atoms with van der Waals surface area (Å²) in [5.41, 5.74) is 2.99. The van der Waals surface area contributed by atoms with Gasteiger partial charge in [0.2, 0.25) is 0 Å². The Morgan fingerprint density at radius 3 is 2.43 bits per heavy atom. The summed E-state index contributed by atoms with van der Waals surface area (Å²) in [6.45, 7) is 6.07. The molecule has 114 valence electrons. The molecule has 0 fully saturated rings. The van der Waals surface area contributed by atoms with Crippen LogP contribution in [0.4, 0.5) is 0 Å². The molecule has 1 heterocycles. The van der Waals surface area contributed by atoms with Gasteiger partial charge >= 0.3 is 0 Å². The van der Waals surface area contributed by atoms with Gasteiger partial charge in [0.25, 0.3) is 0 Å². The van der Waals surface area contributed by atoms with Crippen LogP contribution in [0.1, 0.15) is 43.8 Å². The Balaban J connectivity index is 2.05. The highest BCUT2D eigenvalue weighted by Gasteiger charge is 2.12. The lowest BCUT2D eigenvalue weighted by atomic mass is 10.0. The molecule has 0 aliphatic rings. The molecule has 2 aromatic rings. The molecule has 1 aromatic carbocycles. The molecular weight excluding hydrogens is 264 g/mol. The predicted octanol–water partition coefficient (Wildman–Crippen LogP) is 3.05. The second-order valence-corrected chi connectivity index (χ2v) is 5.56. The van der Waals surface area contributed by atoms with Gasteiger partial charge in [-0.2, -0.15) is 5.10 Å². The minimum absolute atomic E-state index is 0.155. The Kier molecular flexibility index (Phi) is 5.02. The van der Waals surface area contributed by atoms with E-state index in [1.807, 2.05) is 49.8 Å². The van der Waals surface area contributed by atoms with E-state index < -0.39 is 6.10 Å². The average Bonchev–Trinajstić information content (AvgIpc) is 2.79. The highest BCUT2D eigenvalue weighted by atomic mass is 16.5. The normalized spacial score (nSPS) is 12.7. The van der Waals surface area contributed by atoms with Gasteiger partial charge in [-0.3, -0.25) is 4.68 Å². The van der Waals surface area contributed by atoms with Crippen molar-refractivity contribution >= 4 is 0 Å². The minimum Gasteiger partial charge on any atom is -0.491 e. The Hall–Kier alpha value is -1.81. The monoisotopic (exact) mass is 288 g/mol. The molecule has 1 aromatic heterocycles. The number of aliphatic hydroxyl groups is 1. The molecule has 0 radical (unpaired) electrons. The summed E-state index contributed by atoms with van der Waals surface area (Å²) >= 11 is 0. The second kappa shape index (κ2) is 6.76. The van der Waals surface area contributed by atoms with Gasteiger partial charge in [0.15, 0.2) is 0 Å². The first-order chi connectivity index (χ1) is 9.99. The fourth-order valence-corrected chi connectivity index (χ4v) is 2.29. The molecule has 2 rings (SSSR count). The number of nitrogens with zero attached hydrogens (tertiary/aromatic N) is 2. The van der Waals surface area contributed by atoms with E-state index in [2.05, 4.69) is 18.1 Å². The maximum Gasteiger partial charge on any atom is 0.119 e. The van der Waals surface area contributed by atoms with E-state index in [0.717, 1.165) is 29.1 Å². The predicted molar refractivity (Wildman–Crippen MR) is 83.5 cm³/mol. The van der Waals surface area contributed by atoms with Gasteiger partial charge in [-0.15, -0.1) is 0 Å². The Morgan fingerprint density at radius 1 is 1.24 bits per heavy atom. The summed E-state index contributed by atoms with van der Waals surface area (Å²) in [7, 11) is 1.92. The fraction of sp³-hybridized carbons (Fsp3) is 0.471. The van der Waals surface area contributed by atoms with Crippen LogP contribution in [0.3, 0.4) is 0 Å². The molecule has 21 heavy (non-hydrogen) atoms. The van der Waals surface area contributed by atoms with E-state index in [9.17, 15) is 5.11 Å². The van der Waals surface area contributed by atoms with Crippen LogP contribution in [0.2, 0.25) is 0 Å². The van der Waals surface area contributed by atoms with Crippen molar-refractivity contribution < 1.29 is 9.84 Å². The lowest BCUT2D eigenvalue weighted by Crippen LogP contribution is -2.07. The summed E-state index contributed by atoms with van der Waals surface area (Å²) in [5, 5.41) is 14.8. The topological polar surface area (TPSA) is 47.3 Å². The van der Waals surface area contributed by atoms with Gasteiger partial charge in [-0.25, -0.2) is 0 Å². The number of rotatable bonds is 6. The SMILES string of the molecule is CCc1cc(CC(O)c2ccc(OC(C)C)cc2)n(C)n1. The molecule has 0 saturated carbocycles. The first-order valence-corrected chi connectivity index (χ1v) is 7.46. The van der Waals surface area contributed by atoms with Crippen molar-refractivity contribution in [1.82, 2.24) is 9.78 Å². The van der Waals surface area contributed by atoms with E-state index in [4.69, 9.17) is 4.74 Å². The second-order valence-electron chi connectivity index (χ2n) is 5.56. The minimum atomic E-state index is -0.529. The van der Waals surface area contributed by atoms with E-state index in [1.54, 1.807) is 0 Å². The van der Waals surface area contributed by atoms with Crippen LogP contribution in [0.25, 0.3) is 0 Å². The molecule has 0 spiro atoms. The van der Waals surface area contributed by atoms with Crippen LogP contribution in [0, 0.1) is 0 Å². The highest BCUT2D eigenvalue weighted by Crippen LogP contribution is 2.22. The van der Waals surface area contributed by atoms with Crippen molar-refractivity contribution in [3.05, 3.63) is 47.3 Å². The van der Waals surface area contributed by atoms with Gasteiger partial charge in [-0.05, 0) is 44.0 Å². The number of hydrogen-bond donors (Lipinski definition) is 1. The van der Waals surface area contributed by atoms with E-state index >= 15 is 0 Å². The summed E-state index contributed by atoms with van der Waals surface area (Å²) in [5.74, 6) is 0.828. The maximum absolute atomic E-state index is 10.4. The van der Waals surface area contributed by atoms with Crippen molar-refractivity contribution in [3.8, 4) is 5.75 Å². The van der Waals surface area contributed by atoms with Gasteiger partial charge in [0.05, 0.1) is 17.9 Å². The van der Waals surface area contributed by atoms with Gasteiger partial charge < -0.3 is 9.84 Å². The van der Waals surface area contributed by atoms with Crippen LogP contribution >= 0.6 is 0 Å². The standard InChI is InChI=1S/C17H24N2O2/c1-5-14-10-15(19(4)18-14)11-17(20)13-6-8-16(9-7-13)21-12(2)3/h6-10,12,17,20H,5,11H2,1-4H3. The first kappa shape index (κ1) is 15.6. The van der Waals surface area contributed by atoms with Gasteiger partial charge in [0.1, 0.15) is 5.75 Å². The molecule has 0 aliphatic heterocycles. The highest BCUT2D eigenvalue weighted by molar-refractivity contribution is 5.29. The fourth-order valence-electron chi connectivity index (χ4n) is 2.29. The van der Waals surface area contributed by atoms with Crippen molar-refractivity contribution in [3.63, 3.8) is 0 Å². The van der Waals surface area contributed by atoms with Crippen LogP contribution in [0.5, 0.6) is 5.75 Å². The molecule has 1 atom stereocenters. The van der Waals surface area contributed by atoms with Gasteiger partial charge in [-0.1, -0.05) is 19.1 Å². The number of aryl methyl sites for hydroxylation is 2. The molecule has 1 unspecified atom stereocenters. The smallest absolute Gasteiger partial charge is 0.119 e. The van der Waals surface area contributed by atoms with Crippen LogP contribution in [-0.2, 0) is 19.9 Å². The van der Waals surface area contributed by atoms with Crippen molar-refractivity contribution in [2.75, 3.05) is 0 Å². The Labute approximate surface area is 126 Å². The van der Waals surface area contributed by atoms with Crippen LogP contribution in [0.15, 0.2) is 30.3 Å². The Bertz CT molecular complexity index is 573. The third-order valence-corrected chi connectivity index (χ3v) is 3.43. The van der Waals surface area contributed by atoms with Crippen molar-refractivity contribution in [2.45, 2.75) is 45.8 Å². The van der Waals surface area contributed by atoms with Crippen molar-refractivity contribution in [2.24, 2.45) is 7.05 Å². The number of ether oxygens (including phenoxy) is 1. The van der Waals surface area contributed by atoms with E-state index in [-0.39, 0.29) is 6.10 Å². The number of benzene rings is 1. The van der Waals surface area contributed by atoms with Crippen molar-refractivity contribution in [1.29, 1.82) is 0 Å². The summed E-state index contributed by atoms with van der Waals surface area (Å²) < 4.78 is 7.45. The molecule has 0 bridgehead atoms. The maximum atomic E-state index is 10.4. The summed E-state index contributed by atoms with van der Waals surface area (Å²) in [6.07, 6.45) is 1.10.